The van der Waals surface area contributed by atoms with Crippen LogP contribution in [0.3, 0.4) is 0 Å². The van der Waals surface area contributed by atoms with E-state index in [9.17, 15) is 45.3 Å². The van der Waals surface area contributed by atoms with E-state index < -0.39 is 99.3 Å². The summed E-state index contributed by atoms with van der Waals surface area (Å²) in [4.78, 5) is 25.7. The topological polar surface area (TPSA) is 231 Å². The Morgan fingerprint density at radius 2 is 0.909 bits per heavy atom. The summed E-state index contributed by atoms with van der Waals surface area (Å²) in [7, 11) is 0. The van der Waals surface area contributed by atoms with Crippen molar-refractivity contribution >= 4 is 11.9 Å². The lowest BCUT2D eigenvalue weighted by atomic mass is 9.98. The Balaban J connectivity index is 1.84. The molecule has 378 valence electrons. The molecule has 0 aromatic heterocycles. The van der Waals surface area contributed by atoms with Gasteiger partial charge in [-0.15, -0.1) is 0 Å². The van der Waals surface area contributed by atoms with Gasteiger partial charge in [-0.3, -0.25) is 9.59 Å². The molecule has 2 fully saturated rings. The van der Waals surface area contributed by atoms with Gasteiger partial charge in [-0.2, -0.15) is 0 Å². The van der Waals surface area contributed by atoms with Gasteiger partial charge in [0, 0.05) is 12.8 Å². The summed E-state index contributed by atoms with van der Waals surface area (Å²) >= 11 is 0. The lowest BCUT2D eigenvalue weighted by molar-refractivity contribution is -0.332. The van der Waals surface area contributed by atoms with E-state index in [-0.39, 0.29) is 19.4 Å². The van der Waals surface area contributed by atoms with Crippen molar-refractivity contribution in [2.24, 2.45) is 0 Å². The summed E-state index contributed by atoms with van der Waals surface area (Å²) in [5.41, 5.74) is 0. The van der Waals surface area contributed by atoms with Crippen molar-refractivity contribution < 1.29 is 73.8 Å². The minimum absolute atomic E-state index is 0.138. The Bertz CT molecular complexity index is 1430. The molecule has 11 atom stereocenters. The number of carbonyl (C=O) groups excluding carboxylic acids is 2. The number of aliphatic hydroxyl groups excluding tert-OH is 7. The van der Waals surface area contributed by atoms with Crippen LogP contribution in [0.4, 0.5) is 0 Å². The van der Waals surface area contributed by atoms with Gasteiger partial charge in [0.1, 0.15) is 55.4 Å². The Morgan fingerprint density at radius 1 is 0.485 bits per heavy atom. The van der Waals surface area contributed by atoms with Gasteiger partial charge in [-0.05, 0) is 77.0 Å². The number of ether oxygens (including phenoxy) is 6. The zero-order valence-electron chi connectivity index (χ0n) is 39.6. The summed E-state index contributed by atoms with van der Waals surface area (Å²) < 4.78 is 33.5. The Hall–Kier alpha value is -3.06. The molecule has 2 aliphatic heterocycles. The van der Waals surface area contributed by atoms with E-state index in [1.54, 1.807) is 0 Å². The van der Waals surface area contributed by atoms with E-state index in [1.807, 2.05) is 0 Å². The average molecular weight is 937 g/mol. The number of carbonyl (C=O) groups is 2. The number of unbranched alkanes of at least 4 members (excludes halogenated alkanes) is 10. The van der Waals surface area contributed by atoms with Crippen LogP contribution in [0.5, 0.6) is 0 Å². The van der Waals surface area contributed by atoms with Crippen LogP contribution in [0.1, 0.15) is 142 Å². The lowest BCUT2D eigenvalue weighted by Gasteiger charge is -2.42. The fourth-order valence-corrected chi connectivity index (χ4v) is 7.18. The van der Waals surface area contributed by atoms with Crippen LogP contribution in [0, 0.1) is 0 Å². The zero-order valence-corrected chi connectivity index (χ0v) is 39.6. The highest BCUT2D eigenvalue weighted by atomic mass is 16.7. The molecule has 0 aromatic rings. The maximum atomic E-state index is 13.0. The van der Waals surface area contributed by atoms with Gasteiger partial charge in [0.05, 0.1) is 19.8 Å². The fourth-order valence-electron chi connectivity index (χ4n) is 7.18. The predicted octanol–water partition coefficient (Wildman–Crippen LogP) is 6.26. The third-order valence-electron chi connectivity index (χ3n) is 11.2. The molecule has 7 N–H and O–H groups in total. The Kier molecular flexibility index (Phi) is 33.9. The predicted molar refractivity (Wildman–Crippen MR) is 252 cm³/mol. The van der Waals surface area contributed by atoms with Crippen LogP contribution in [0.2, 0.25) is 0 Å². The van der Waals surface area contributed by atoms with E-state index >= 15 is 0 Å². The van der Waals surface area contributed by atoms with Crippen molar-refractivity contribution in [1.29, 1.82) is 0 Å². The van der Waals surface area contributed by atoms with E-state index in [1.165, 1.54) is 0 Å². The van der Waals surface area contributed by atoms with Crippen LogP contribution in [0.25, 0.3) is 0 Å². The first kappa shape index (κ1) is 59.1. The molecule has 0 spiro atoms. The third kappa shape index (κ3) is 25.9. The van der Waals surface area contributed by atoms with E-state index in [0.717, 1.165) is 103 Å². The Labute approximate surface area is 393 Å². The standard InChI is InChI=1S/C51H84O15/c1-3-5-7-9-11-13-15-17-19-21-23-25-27-29-31-33-42(53)61-36-39(64-43(54)34-32-30-28-26-24-22-20-18-16-14-12-10-8-6-4-2)37-62-50-49(60)47(58)45(56)41(66-50)38-63-51-48(59)46(57)44(55)40(35-52)65-51/h5-8,11-14,17-20,39-41,44-52,55-60H,3-4,9-10,15-16,21-38H2,1-2H3/b7-5-,8-6-,13-11-,14-12-,19-17-,20-18-/t39?,40-,41-,44+,45+,46+,47+,48-,49-,50-,51+/m1/s1. The molecule has 0 aliphatic carbocycles. The second-order valence-electron chi connectivity index (χ2n) is 16.9. The molecular weight excluding hydrogens is 853 g/mol. The first-order valence-corrected chi connectivity index (χ1v) is 24.5. The molecule has 0 radical (unpaired) electrons. The highest BCUT2D eigenvalue weighted by Gasteiger charge is 2.47. The maximum absolute atomic E-state index is 13.0. The summed E-state index contributed by atoms with van der Waals surface area (Å²) in [6.45, 7) is 2.30. The lowest BCUT2D eigenvalue weighted by Crippen LogP contribution is -2.61. The maximum Gasteiger partial charge on any atom is 0.306 e. The van der Waals surface area contributed by atoms with Crippen molar-refractivity contribution in [1.82, 2.24) is 0 Å². The smallest absolute Gasteiger partial charge is 0.306 e. The first-order chi connectivity index (χ1) is 32.0. The molecule has 0 bridgehead atoms. The number of rotatable bonds is 36. The quantitative estimate of drug-likeness (QED) is 0.0209. The summed E-state index contributed by atoms with van der Waals surface area (Å²) in [6.07, 6.45) is 26.5. The van der Waals surface area contributed by atoms with Gasteiger partial charge in [0.25, 0.3) is 0 Å². The van der Waals surface area contributed by atoms with Crippen LogP contribution >= 0.6 is 0 Å². The third-order valence-corrected chi connectivity index (χ3v) is 11.2. The number of hydrogen-bond acceptors (Lipinski definition) is 15. The summed E-state index contributed by atoms with van der Waals surface area (Å²) in [6, 6.07) is 0. The minimum atomic E-state index is -1.77. The molecular formula is C51H84O15. The molecule has 0 saturated carbocycles. The first-order valence-electron chi connectivity index (χ1n) is 24.5. The Morgan fingerprint density at radius 3 is 1.42 bits per heavy atom. The summed E-state index contributed by atoms with van der Waals surface area (Å²) in [5, 5.41) is 72.0. The van der Waals surface area contributed by atoms with Crippen molar-refractivity contribution in [2.75, 3.05) is 26.4 Å². The molecule has 2 saturated heterocycles. The minimum Gasteiger partial charge on any atom is -0.462 e. The van der Waals surface area contributed by atoms with Gasteiger partial charge in [0.15, 0.2) is 18.7 Å². The van der Waals surface area contributed by atoms with Crippen LogP contribution in [-0.2, 0) is 38.0 Å². The van der Waals surface area contributed by atoms with Crippen LogP contribution in [0.15, 0.2) is 72.9 Å². The van der Waals surface area contributed by atoms with Crippen molar-refractivity contribution in [3.05, 3.63) is 72.9 Å². The van der Waals surface area contributed by atoms with E-state index in [4.69, 9.17) is 28.4 Å². The number of aliphatic hydroxyl groups is 7. The van der Waals surface area contributed by atoms with Gasteiger partial charge in [-0.25, -0.2) is 0 Å². The SMILES string of the molecule is CC/C=C\C/C=C\C/C=C\CCCCCCCC(=O)OCC(CO[C@@H]1O[C@H](CO[C@H]2O[C@H](CO)[C@H](O)[C@H](O)[C@H]2O)[C@H](O)[C@H](O)[C@H]1O)OC(=O)CCCCCCC/C=C\C/C=C\C/C=C\CC. The highest BCUT2D eigenvalue weighted by Crippen LogP contribution is 2.26. The second-order valence-corrected chi connectivity index (χ2v) is 16.9. The van der Waals surface area contributed by atoms with Gasteiger partial charge in [-0.1, -0.05) is 125 Å². The number of allylic oxidation sites excluding steroid dienone is 12. The number of hydrogen-bond donors (Lipinski definition) is 7. The molecule has 0 amide bonds. The highest BCUT2D eigenvalue weighted by molar-refractivity contribution is 5.70. The van der Waals surface area contributed by atoms with E-state index in [2.05, 4.69) is 86.8 Å². The normalized spacial score (nSPS) is 26.8. The van der Waals surface area contributed by atoms with Crippen molar-refractivity contribution in [3.8, 4) is 0 Å². The second kappa shape index (κ2) is 37.9. The molecule has 15 nitrogen and oxygen atoms in total. The largest absolute Gasteiger partial charge is 0.462 e. The zero-order chi connectivity index (χ0) is 48.2. The van der Waals surface area contributed by atoms with Crippen molar-refractivity contribution in [2.45, 2.75) is 210 Å². The van der Waals surface area contributed by atoms with Gasteiger partial charge in [0.2, 0.25) is 0 Å². The molecule has 66 heavy (non-hydrogen) atoms. The molecule has 2 heterocycles. The van der Waals surface area contributed by atoms with Crippen LogP contribution < -0.4 is 0 Å². The average Bonchev–Trinajstić information content (AvgIpc) is 3.31. The molecule has 2 rings (SSSR count). The van der Waals surface area contributed by atoms with Crippen molar-refractivity contribution in [3.63, 3.8) is 0 Å². The van der Waals surface area contributed by atoms with E-state index in [0.29, 0.717) is 12.8 Å². The van der Waals surface area contributed by atoms with Gasteiger partial charge >= 0.3 is 11.9 Å². The molecule has 0 aromatic carbocycles. The molecule has 1 unspecified atom stereocenters. The molecule has 2 aliphatic rings. The monoisotopic (exact) mass is 937 g/mol. The van der Waals surface area contributed by atoms with Gasteiger partial charge < -0.3 is 64.2 Å². The van der Waals surface area contributed by atoms with Crippen LogP contribution in [-0.4, -0.2) is 142 Å². The number of esters is 2. The summed E-state index contributed by atoms with van der Waals surface area (Å²) in [5.74, 6) is -0.973. The fraction of sp³-hybridized carbons (Fsp3) is 0.725. The molecule has 15 heteroatoms.